The van der Waals surface area contributed by atoms with Crippen LogP contribution in [0.25, 0.3) is 22.2 Å². The summed E-state index contributed by atoms with van der Waals surface area (Å²) in [5, 5.41) is 14.4. The van der Waals surface area contributed by atoms with E-state index in [1.165, 1.54) is 11.1 Å². The molecule has 1 aromatic heterocycles. The van der Waals surface area contributed by atoms with E-state index < -0.39 is 5.97 Å². The van der Waals surface area contributed by atoms with E-state index in [-0.39, 0.29) is 17.8 Å². The Morgan fingerprint density at radius 1 is 1.12 bits per heavy atom. The molecular formula is C20H19NO3. The average molecular weight is 321 g/mol. The van der Waals surface area contributed by atoms with Crippen LogP contribution in [0.5, 0.6) is 0 Å². The normalized spacial score (nSPS) is 22.7. The largest absolute Gasteiger partial charge is 0.481 e. The van der Waals surface area contributed by atoms with E-state index in [2.05, 4.69) is 37.2 Å². The Bertz CT molecular complexity index is 936. The van der Waals surface area contributed by atoms with Gasteiger partial charge in [-0.2, -0.15) is 0 Å². The van der Waals surface area contributed by atoms with E-state index in [1.54, 1.807) is 0 Å². The topological polar surface area (TPSA) is 63.3 Å². The number of nitrogens with zero attached hydrogens (tertiary/aromatic N) is 1. The lowest BCUT2D eigenvalue weighted by atomic mass is 10.0. The Morgan fingerprint density at radius 2 is 1.83 bits per heavy atom. The molecule has 1 heterocycles. The highest BCUT2D eigenvalue weighted by molar-refractivity contribution is 5.92. The summed E-state index contributed by atoms with van der Waals surface area (Å²) in [6.07, 6.45) is 0. The second-order valence-corrected chi connectivity index (χ2v) is 6.91. The number of aromatic nitrogens is 1. The van der Waals surface area contributed by atoms with Gasteiger partial charge in [0.05, 0.1) is 5.92 Å². The van der Waals surface area contributed by atoms with Gasteiger partial charge in [-0.3, -0.25) is 4.79 Å². The number of carboxylic acids is 1. The van der Waals surface area contributed by atoms with Crippen LogP contribution < -0.4 is 0 Å². The fourth-order valence-electron chi connectivity index (χ4n) is 3.83. The maximum atomic E-state index is 11.3. The molecule has 24 heavy (non-hydrogen) atoms. The molecule has 0 saturated heterocycles. The van der Waals surface area contributed by atoms with Gasteiger partial charge in [0.1, 0.15) is 5.52 Å². The Balaban J connectivity index is 1.81. The molecule has 0 amide bonds. The van der Waals surface area contributed by atoms with Crippen LogP contribution in [-0.2, 0) is 4.79 Å². The molecule has 4 rings (SSSR count). The number of hydrogen-bond acceptors (Lipinski definition) is 3. The summed E-state index contributed by atoms with van der Waals surface area (Å²) in [5.74, 6) is -0.00313. The molecule has 122 valence electrons. The highest BCUT2D eigenvalue weighted by Crippen LogP contribution is 2.54. The van der Waals surface area contributed by atoms with Gasteiger partial charge in [0.25, 0.3) is 0 Å². The first-order valence-electron chi connectivity index (χ1n) is 8.16. The standard InChI is InChI=1S/C20H19NO3/c1-10-6-11(2)8-14(7-10)19-15-9-13(4-5-16(15)21-24-19)17-12(3)18(17)20(22)23/h4-9,12,17-18H,1-3H3,(H,22,23). The van der Waals surface area contributed by atoms with Gasteiger partial charge in [0, 0.05) is 16.9 Å². The second-order valence-electron chi connectivity index (χ2n) is 6.91. The van der Waals surface area contributed by atoms with E-state index in [1.807, 2.05) is 25.1 Å². The lowest BCUT2D eigenvalue weighted by Crippen LogP contribution is -1.99. The van der Waals surface area contributed by atoms with Crippen molar-refractivity contribution in [3.63, 3.8) is 0 Å². The summed E-state index contributed by atoms with van der Waals surface area (Å²) in [7, 11) is 0. The fraction of sp³-hybridized carbons (Fsp3) is 0.300. The predicted molar refractivity (Wildman–Crippen MR) is 91.9 cm³/mol. The number of hydrogen-bond donors (Lipinski definition) is 1. The van der Waals surface area contributed by atoms with Crippen molar-refractivity contribution in [2.45, 2.75) is 26.7 Å². The number of aryl methyl sites for hydroxylation is 2. The molecule has 0 radical (unpaired) electrons. The van der Waals surface area contributed by atoms with Gasteiger partial charge in [0.15, 0.2) is 5.76 Å². The zero-order valence-corrected chi connectivity index (χ0v) is 13.9. The molecule has 1 fully saturated rings. The highest BCUT2D eigenvalue weighted by atomic mass is 16.5. The lowest BCUT2D eigenvalue weighted by molar-refractivity contribution is -0.138. The minimum atomic E-state index is -0.715. The maximum Gasteiger partial charge on any atom is 0.307 e. The van der Waals surface area contributed by atoms with E-state index in [0.29, 0.717) is 0 Å². The van der Waals surface area contributed by atoms with Crippen LogP contribution in [0, 0.1) is 25.7 Å². The van der Waals surface area contributed by atoms with Crippen molar-refractivity contribution >= 4 is 16.9 Å². The third-order valence-electron chi connectivity index (χ3n) is 5.03. The van der Waals surface area contributed by atoms with Gasteiger partial charge >= 0.3 is 5.97 Å². The van der Waals surface area contributed by atoms with E-state index in [0.717, 1.165) is 27.8 Å². The summed E-state index contributed by atoms with van der Waals surface area (Å²) in [6, 6.07) is 12.2. The Morgan fingerprint density at radius 3 is 2.46 bits per heavy atom. The summed E-state index contributed by atoms with van der Waals surface area (Å²) in [4.78, 5) is 11.3. The minimum Gasteiger partial charge on any atom is -0.481 e. The summed E-state index contributed by atoms with van der Waals surface area (Å²) < 4.78 is 5.60. The number of aliphatic carboxylic acids is 1. The quantitative estimate of drug-likeness (QED) is 0.769. The van der Waals surface area contributed by atoms with Crippen LogP contribution >= 0.6 is 0 Å². The number of carboxylic acid groups (broad SMARTS) is 1. The van der Waals surface area contributed by atoms with E-state index in [4.69, 9.17) is 4.52 Å². The minimum absolute atomic E-state index is 0.0777. The van der Waals surface area contributed by atoms with Crippen molar-refractivity contribution in [3.8, 4) is 11.3 Å². The van der Waals surface area contributed by atoms with Gasteiger partial charge in [-0.25, -0.2) is 0 Å². The molecule has 4 nitrogen and oxygen atoms in total. The number of fused-ring (bicyclic) bond motifs is 1. The summed E-state index contributed by atoms with van der Waals surface area (Å²) in [6.45, 7) is 6.11. The monoisotopic (exact) mass is 321 g/mol. The van der Waals surface area contributed by atoms with Crippen molar-refractivity contribution in [2.75, 3.05) is 0 Å². The molecular weight excluding hydrogens is 302 g/mol. The zero-order valence-electron chi connectivity index (χ0n) is 13.9. The molecule has 3 unspecified atom stereocenters. The van der Waals surface area contributed by atoms with Crippen LogP contribution in [0.1, 0.15) is 29.5 Å². The Labute approximate surface area is 140 Å². The van der Waals surface area contributed by atoms with Crippen LogP contribution in [0.15, 0.2) is 40.9 Å². The smallest absolute Gasteiger partial charge is 0.307 e. The molecule has 3 aromatic rings. The molecule has 3 atom stereocenters. The molecule has 1 aliphatic carbocycles. The fourth-order valence-corrected chi connectivity index (χ4v) is 3.83. The van der Waals surface area contributed by atoms with Crippen LogP contribution in [0.4, 0.5) is 0 Å². The molecule has 0 bridgehead atoms. The lowest BCUT2D eigenvalue weighted by Gasteiger charge is -2.03. The predicted octanol–water partition coefficient (Wildman–Crippen LogP) is 4.55. The maximum absolute atomic E-state index is 11.3. The molecule has 0 aliphatic heterocycles. The molecule has 1 N–H and O–H groups in total. The Kier molecular flexibility index (Phi) is 3.23. The van der Waals surface area contributed by atoms with Gasteiger partial charge < -0.3 is 9.63 Å². The van der Waals surface area contributed by atoms with Crippen LogP contribution in [-0.4, -0.2) is 16.2 Å². The van der Waals surface area contributed by atoms with Crippen LogP contribution in [0.2, 0.25) is 0 Å². The van der Waals surface area contributed by atoms with Gasteiger partial charge in [0.2, 0.25) is 0 Å². The first-order chi connectivity index (χ1) is 11.5. The second kappa shape index (κ2) is 5.20. The molecule has 2 aromatic carbocycles. The molecule has 1 aliphatic rings. The molecule has 1 saturated carbocycles. The third kappa shape index (κ3) is 2.30. The van der Waals surface area contributed by atoms with E-state index in [9.17, 15) is 9.90 Å². The van der Waals surface area contributed by atoms with Crippen molar-refractivity contribution < 1.29 is 14.4 Å². The van der Waals surface area contributed by atoms with Crippen molar-refractivity contribution in [1.82, 2.24) is 5.16 Å². The number of rotatable bonds is 3. The number of benzene rings is 2. The first kappa shape index (κ1) is 14.9. The van der Waals surface area contributed by atoms with Crippen molar-refractivity contribution in [2.24, 2.45) is 11.8 Å². The van der Waals surface area contributed by atoms with E-state index >= 15 is 0 Å². The summed E-state index contributed by atoms with van der Waals surface area (Å²) in [5.41, 5.74) is 5.20. The van der Waals surface area contributed by atoms with Crippen LogP contribution in [0.3, 0.4) is 0 Å². The third-order valence-corrected chi connectivity index (χ3v) is 5.03. The SMILES string of the molecule is Cc1cc(C)cc(-c2onc3ccc(C4C(C)C4C(=O)O)cc23)c1. The molecule has 0 spiro atoms. The Hall–Kier alpha value is -2.62. The van der Waals surface area contributed by atoms with Gasteiger partial charge in [-0.05, 0) is 49.6 Å². The van der Waals surface area contributed by atoms with Crippen molar-refractivity contribution in [1.29, 1.82) is 0 Å². The summed E-state index contributed by atoms with van der Waals surface area (Å²) >= 11 is 0. The van der Waals surface area contributed by atoms with Gasteiger partial charge in [-0.1, -0.05) is 35.3 Å². The molecule has 4 heteroatoms. The highest BCUT2D eigenvalue weighted by Gasteiger charge is 2.52. The van der Waals surface area contributed by atoms with Crippen molar-refractivity contribution in [3.05, 3.63) is 53.1 Å². The van der Waals surface area contributed by atoms with Gasteiger partial charge in [-0.15, -0.1) is 0 Å². The number of carbonyl (C=O) groups is 1. The zero-order chi connectivity index (χ0) is 17.0. The first-order valence-corrected chi connectivity index (χ1v) is 8.16. The average Bonchev–Trinajstić information content (AvgIpc) is 3.02.